The highest BCUT2D eigenvalue weighted by Crippen LogP contribution is 2.24. The van der Waals surface area contributed by atoms with Crippen molar-refractivity contribution < 1.29 is 13.5 Å². The fourth-order valence-corrected chi connectivity index (χ4v) is 1.75. The number of anilines is 1. The predicted molar refractivity (Wildman–Crippen MR) is 72.5 cm³/mol. The summed E-state index contributed by atoms with van der Waals surface area (Å²) in [7, 11) is 3.45. The molecular formula is C14H15F2N3O. The maximum Gasteiger partial charge on any atom is 0.151 e. The molecule has 0 amide bonds. The lowest BCUT2D eigenvalue weighted by atomic mass is 10.1. The van der Waals surface area contributed by atoms with Gasteiger partial charge >= 0.3 is 0 Å². The minimum absolute atomic E-state index is 0.161. The minimum atomic E-state index is -0.653. The van der Waals surface area contributed by atoms with Crippen molar-refractivity contribution >= 4 is 5.82 Å². The van der Waals surface area contributed by atoms with Crippen molar-refractivity contribution in [1.29, 1.82) is 0 Å². The molecule has 0 N–H and O–H groups in total. The number of nitrogens with zero attached hydrogens (tertiary/aromatic N) is 3. The third-order valence-electron chi connectivity index (χ3n) is 2.89. The van der Waals surface area contributed by atoms with E-state index < -0.39 is 11.6 Å². The van der Waals surface area contributed by atoms with Crippen LogP contribution in [-0.4, -0.2) is 37.5 Å². The van der Waals surface area contributed by atoms with Gasteiger partial charge in [0.1, 0.15) is 11.6 Å². The number of hydrogen-bond donors (Lipinski definition) is 0. The first-order chi connectivity index (χ1) is 9.63. The predicted octanol–water partition coefficient (Wildman–Crippen LogP) is 2.50. The third-order valence-corrected chi connectivity index (χ3v) is 2.89. The molecule has 2 rings (SSSR count). The van der Waals surface area contributed by atoms with Crippen LogP contribution in [0, 0.1) is 11.6 Å². The lowest BCUT2D eigenvalue weighted by Crippen LogP contribution is -2.23. The van der Waals surface area contributed by atoms with Crippen molar-refractivity contribution in [3.63, 3.8) is 0 Å². The molecule has 0 atom stereocenters. The van der Waals surface area contributed by atoms with Crippen LogP contribution in [0.3, 0.4) is 0 Å². The number of ether oxygens (including phenoxy) is 1. The summed E-state index contributed by atoms with van der Waals surface area (Å²) in [5, 5.41) is 7.86. The van der Waals surface area contributed by atoms with E-state index in [9.17, 15) is 8.78 Å². The number of methoxy groups -OCH3 is 1. The summed E-state index contributed by atoms with van der Waals surface area (Å²) in [4.78, 5) is 1.85. The maximum atomic E-state index is 13.6. The van der Waals surface area contributed by atoms with E-state index in [1.54, 1.807) is 19.2 Å². The van der Waals surface area contributed by atoms with Gasteiger partial charge in [0.15, 0.2) is 5.82 Å². The number of aromatic nitrogens is 2. The van der Waals surface area contributed by atoms with Crippen LogP contribution in [0.1, 0.15) is 0 Å². The Morgan fingerprint density at radius 1 is 1.10 bits per heavy atom. The summed E-state index contributed by atoms with van der Waals surface area (Å²) in [6.07, 6.45) is 0. The molecule has 0 unspecified atom stereocenters. The minimum Gasteiger partial charge on any atom is -0.383 e. The number of likely N-dealkylation sites (N-methyl/N-ethyl adjacent to an activating group) is 1. The highest BCUT2D eigenvalue weighted by Gasteiger charge is 2.13. The topological polar surface area (TPSA) is 38.2 Å². The summed E-state index contributed by atoms with van der Waals surface area (Å²) in [5.74, 6) is -0.692. The Morgan fingerprint density at radius 3 is 2.35 bits per heavy atom. The van der Waals surface area contributed by atoms with Gasteiger partial charge in [-0.05, 0) is 24.3 Å². The Balaban J connectivity index is 2.24. The van der Waals surface area contributed by atoms with Crippen LogP contribution in [0.4, 0.5) is 14.6 Å². The molecule has 1 heterocycles. The van der Waals surface area contributed by atoms with Crippen molar-refractivity contribution in [3.05, 3.63) is 42.0 Å². The summed E-state index contributed by atoms with van der Waals surface area (Å²) in [6.45, 7) is 1.21. The second-order valence-corrected chi connectivity index (χ2v) is 4.29. The summed E-state index contributed by atoms with van der Waals surface area (Å²) in [5.41, 5.74) is 0.00980. The van der Waals surface area contributed by atoms with E-state index in [-0.39, 0.29) is 11.3 Å². The van der Waals surface area contributed by atoms with Crippen molar-refractivity contribution in [2.45, 2.75) is 0 Å². The number of halogens is 2. The van der Waals surface area contributed by atoms with Gasteiger partial charge < -0.3 is 9.64 Å². The number of benzene rings is 1. The SMILES string of the molecule is COCCN(C)c1ccc(-c2c(F)cccc2F)nn1. The zero-order valence-electron chi connectivity index (χ0n) is 11.3. The fourth-order valence-electron chi connectivity index (χ4n) is 1.75. The molecule has 0 aliphatic heterocycles. The molecule has 0 saturated carbocycles. The first kappa shape index (κ1) is 14.3. The third kappa shape index (κ3) is 3.08. The van der Waals surface area contributed by atoms with Crippen molar-refractivity contribution in [1.82, 2.24) is 10.2 Å². The fraction of sp³-hybridized carbons (Fsp3) is 0.286. The van der Waals surface area contributed by atoms with E-state index in [1.807, 2.05) is 11.9 Å². The highest BCUT2D eigenvalue weighted by atomic mass is 19.1. The molecule has 0 aliphatic rings. The molecule has 20 heavy (non-hydrogen) atoms. The highest BCUT2D eigenvalue weighted by molar-refractivity contribution is 5.61. The van der Waals surface area contributed by atoms with Gasteiger partial charge in [-0.25, -0.2) is 8.78 Å². The molecule has 0 spiro atoms. The standard InChI is InChI=1S/C14H15F2N3O/c1-19(8-9-20-2)13-7-6-12(17-18-13)14-10(15)4-3-5-11(14)16/h3-7H,8-9H2,1-2H3. The molecule has 0 bridgehead atoms. The van der Waals surface area contributed by atoms with Gasteiger partial charge in [-0.15, -0.1) is 10.2 Å². The first-order valence-electron chi connectivity index (χ1n) is 6.11. The average molecular weight is 279 g/mol. The molecule has 6 heteroatoms. The van der Waals surface area contributed by atoms with E-state index in [4.69, 9.17) is 4.74 Å². The van der Waals surface area contributed by atoms with Crippen LogP contribution >= 0.6 is 0 Å². The zero-order valence-corrected chi connectivity index (χ0v) is 11.3. The van der Waals surface area contributed by atoms with Crippen LogP contribution in [0.15, 0.2) is 30.3 Å². The van der Waals surface area contributed by atoms with Crippen molar-refractivity contribution in [3.8, 4) is 11.3 Å². The molecule has 4 nitrogen and oxygen atoms in total. The monoisotopic (exact) mass is 279 g/mol. The summed E-state index contributed by atoms with van der Waals surface area (Å²) < 4.78 is 32.2. The Kier molecular flexibility index (Phi) is 4.57. The second-order valence-electron chi connectivity index (χ2n) is 4.29. The van der Waals surface area contributed by atoms with Gasteiger partial charge in [0.25, 0.3) is 0 Å². The van der Waals surface area contributed by atoms with Gasteiger partial charge in [0.2, 0.25) is 0 Å². The Labute approximate surface area is 116 Å². The Morgan fingerprint density at radius 2 is 1.80 bits per heavy atom. The molecular weight excluding hydrogens is 264 g/mol. The Hall–Kier alpha value is -2.08. The maximum absolute atomic E-state index is 13.6. The quantitative estimate of drug-likeness (QED) is 0.843. The summed E-state index contributed by atoms with van der Waals surface area (Å²) in [6, 6.07) is 6.92. The molecule has 106 valence electrons. The van der Waals surface area contributed by atoms with Gasteiger partial charge in [-0.3, -0.25) is 0 Å². The van der Waals surface area contributed by atoms with Crippen LogP contribution < -0.4 is 4.90 Å². The Bertz CT molecular complexity index is 555. The van der Waals surface area contributed by atoms with Gasteiger partial charge in [0.05, 0.1) is 17.9 Å². The number of hydrogen-bond acceptors (Lipinski definition) is 4. The first-order valence-corrected chi connectivity index (χ1v) is 6.11. The van der Waals surface area contributed by atoms with E-state index in [2.05, 4.69) is 10.2 Å². The number of rotatable bonds is 5. The van der Waals surface area contributed by atoms with Crippen molar-refractivity contribution in [2.24, 2.45) is 0 Å². The smallest absolute Gasteiger partial charge is 0.151 e. The largest absolute Gasteiger partial charge is 0.383 e. The summed E-state index contributed by atoms with van der Waals surface area (Å²) >= 11 is 0. The van der Waals surface area contributed by atoms with E-state index in [0.717, 1.165) is 0 Å². The normalized spacial score (nSPS) is 10.6. The van der Waals surface area contributed by atoms with Crippen LogP contribution in [0.5, 0.6) is 0 Å². The average Bonchev–Trinajstić information content (AvgIpc) is 2.45. The zero-order chi connectivity index (χ0) is 14.5. The molecule has 2 aromatic rings. The van der Waals surface area contributed by atoms with Crippen LogP contribution in [0.2, 0.25) is 0 Å². The second kappa shape index (κ2) is 6.38. The van der Waals surface area contributed by atoms with E-state index in [0.29, 0.717) is 19.0 Å². The van der Waals surface area contributed by atoms with E-state index in [1.165, 1.54) is 18.2 Å². The van der Waals surface area contributed by atoms with Crippen molar-refractivity contribution in [2.75, 3.05) is 32.2 Å². The van der Waals surface area contributed by atoms with Gasteiger partial charge in [-0.2, -0.15) is 0 Å². The van der Waals surface area contributed by atoms with Gasteiger partial charge in [0, 0.05) is 20.7 Å². The lowest BCUT2D eigenvalue weighted by Gasteiger charge is -2.16. The van der Waals surface area contributed by atoms with Crippen LogP contribution in [-0.2, 0) is 4.74 Å². The molecule has 0 fully saturated rings. The molecule has 0 radical (unpaired) electrons. The molecule has 1 aromatic heterocycles. The molecule has 0 aliphatic carbocycles. The van der Waals surface area contributed by atoms with Crippen LogP contribution in [0.25, 0.3) is 11.3 Å². The lowest BCUT2D eigenvalue weighted by molar-refractivity contribution is 0.206. The van der Waals surface area contributed by atoms with E-state index >= 15 is 0 Å². The molecule has 0 saturated heterocycles. The van der Waals surface area contributed by atoms with Gasteiger partial charge in [-0.1, -0.05) is 6.07 Å². The molecule has 1 aromatic carbocycles.